The van der Waals surface area contributed by atoms with E-state index in [0.29, 0.717) is 12.0 Å². The molecule has 3 N–H and O–H groups in total. The molecule has 0 saturated heterocycles. The van der Waals surface area contributed by atoms with Gasteiger partial charge < -0.3 is 10.8 Å². The van der Waals surface area contributed by atoms with Crippen LogP contribution in [0.3, 0.4) is 0 Å². The molecule has 0 radical (unpaired) electrons. The Morgan fingerprint density at radius 3 is 2.44 bits per heavy atom. The lowest BCUT2D eigenvalue weighted by molar-refractivity contribution is 0.0997. The van der Waals surface area contributed by atoms with Crippen molar-refractivity contribution in [3.63, 3.8) is 0 Å². The van der Waals surface area contributed by atoms with Gasteiger partial charge in [0.05, 0.1) is 10.5 Å². The van der Waals surface area contributed by atoms with E-state index >= 15 is 0 Å². The maximum atomic E-state index is 11.1. The van der Waals surface area contributed by atoms with E-state index in [9.17, 15) is 18.3 Å². The van der Waals surface area contributed by atoms with Crippen LogP contribution in [0.4, 0.5) is 0 Å². The number of aromatic hydroxyl groups is 1. The molecule has 0 atom stereocenters. The predicted molar refractivity (Wildman–Crippen MR) is 59.0 cm³/mol. The number of benzene rings is 1. The lowest BCUT2D eigenvalue weighted by atomic mass is 10.1. The van der Waals surface area contributed by atoms with Crippen LogP contribution in [0.25, 0.3) is 0 Å². The van der Waals surface area contributed by atoms with Crippen molar-refractivity contribution in [2.45, 2.75) is 18.2 Å². The number of amides is 1. The van der Waals surface area contributed by atoms with Crippen LogP contribution in [0.5, 0.6) is 5.75 Å². The van der Waals surface area contributed by atoms with Gasteiger partial charge in [0.2, 0.25) is 0 Å². The monoisotopic (exact) mass is 263 g/mol. The van der Waals surface area contributed by atoms with Crippen molar-refractivity contribution in [2.75, 3.05) is 0 Å². The van der Waals surface area contributed by atoms with Crippen LogP contribution in [-0.4, -0.2) is 19.4 Å². The summed E-state index contributed by atoms with van der Waals surface area (Å²) in [6.07, 6.45) is 0.354. The lowest BCUT2D eigenvalue weighted by Crippen LogP contribution is -2.12. The maximum absolute atomic E-state index is 11.1. The number of primary amides is 1. The average Bonchev–Trinajstić information content (AvgIpc) is 2.15. The third-order valence-corrected chi connectivity index (χ3v) is 3.42. The number of nitrogens with two attached hydrogens (primary N) is 1. The Morgan fingerprint density at radius 2 is 2.06 bits per heavy atom. The first kappa shape index (κ1) is 12.8. The minimum Gasteiger partial charge on any atom is -0.507 e. The van der Waals surface area contributed by atoms with Gasteiger partial charge in [0.1, 0.15) is 5.75 Å². The summed E-state index contributed by atoms with van der Waals surface area (Å²) < 4.78 is 22.2. The minimum atomic E-state index is -3.95. The predicted octanol–water partition coefficient (Wildman–Crippen LogP) is 0.981. The van der Waals surface area contributed by atoms with Gasteiger partial charge in [-0.3, -0.25) is 4.79 Å². The molecule has 1 aromatic rings. The van der Waals surface area contributed by atoms with Gasteiger partial charge in [-0.05, 0) is 24.1 Å². The summed E-state index contributed by atoms with van der Waals surface area (Å²) in [5, 5.41) is 9.61. The summed E-state index contributed by atoms with van der Waals surface area (Å²) in [6, 6.07) is 2.17. The summed E-state index contributed by atoms with van der Waals surface area (Å²) in [4.78, 5) is 10.7. The molecule has 1 rings (SSSR count). The van der Waals surface area contributed by atoms with E-state index in [2.05, 4.69) is 0 Å². The molecule has 7 heteroatoms. The van der Waals surface area contributed by atoms with Crippen LogP contribution in [0.2, 0.25) is 0 Å². The Hall–Kier alpha value is -1.27. The quantitative estimate of drug-likeness (QED) is 0.795. The number of rotatable bonds is 3. The van der Waals surface area contributed by atoms with Gasteiger partial charge in [-0.2, -0.15) is 0 Å². The average molecular weight is 264 g/mol. The Kier molecular flexibility index (Phi) is 3.44. The van der Waals surface area contributed by atoms with Gasteiger partial charge in [-0.1, -0.05) is 6.92 Å². The molecular formula is C9H10ClNO4S. The first-order chi connectivity index (χ1) is 7.27. The second-order valence-electron chi connectivity index (χ2n) is 3.13. The third kappa shape index (κ3) is 2.45. The number of aryl methyl sites for hydroxylation is 1. The number of halogens is 1. The topological polar surface area (TPSA) is 97.5 Å². The van der Waals surface area contributed by atoms with Crippen molar-refractivity contribution in [1.29, 1.82) is 0 Å². The molecule has 0 spiro atoms. The molecule has 16 heavy (non-hydrogen) atoms. The second kappa shape index (κ2) is 4.31. The highest BCUT2D eigenvalue weighted by Gasteiger charge is 2.18. The summed E-state index contributed by atoms with van der Waals surface area (Å²) in [7, 11) is 1.20. The molecule has 5 nitrogen and oxygen atoms in total. The Labute approximate surface area is 97.3 Å². The molecule has 1 amide bonds. The zero-order valence-electron chi connectivity index (χ0n) is 8.40. The second-order valence-corrected chi connectivity index (χ2v) is 5.70. The van der Waals surface area contributed by atoms with Gasteiger partial charge in [-0.25, -0.2) is 8.42 Å². The summed E-state index contributed by atoms with van der Waals surface area (Å²) in [6.45, 7) is 1.70. The SMILES string of the molecule is CCc1cc(S(=O)(=O)Cl)cc(C(N)=O)c1O. The van der Waals surface area contributed by atoms with Gasteiger partial charge >= 0.3 is 0 Å². The molecule has 0 aromatic heterocycles. The molecule has 0 aliphatic heterocycles. The Bertz CT molecular complexity index is 539. The molecule has 0 aliphatic carbocycles. The van der Waals surface area contributed by atoms with Crippen molar-refractivity contribution >= 4 is 25.6 Å². The summed E-state index contributed by atoms with van der Waals surface area (Å²) in [5.41, 5.74) is 5.06. The van der Waals surface area contributed by atoms with Crippen LogP contribution in [-0.2, 0) is 15.5 Å². The molecule has 1 aromatic carbocycles. The molecule has 0 saturated carbocycles. The lowest BCUT2D eigenvalue weighted by Gasteiger charge is -2.08. The molecule has 0 fully saturated rings. The van der Waals surface area contributed by atoms with Crippen molar-refractivity contribution in [1.82, 2.24) is 0 Å². The van der Waals surface area contributed by atoms with E-state index in [1.165, 1.54) is 6.07 Å². The zero-order valence-corrected chi connectivity index (χ0v) is 9.97. The van der Waals surface area contributed by atoms with E-state index < -0.39 is 15.0 Å². The molecule has 0 aliphatic rings. The van der Waals surface area contributed by atoms with Crippen LogP contribution in [0, 0.1) is 0 Å². The molecule has 0 bridgehead atoms. The fourth-order valence-electron chi connectivity index (χ4n) is 1.26. The summed E-state index contributed by atoms with van der Waals surface area (Å²) in [5.74, 6) is -1.21. The Balaban J connectivity index is 3.59. The maximum Gasteiger partial charge on any atom is 0.261 e. The van der Waals surface area contributed by atoms with Crippen molar-refractivity contribution in [3.8, 4) is 5.75 Å². The van der Waals surface area contributed by atoms with E-state index in [1.807, 2.05) is 0 Å². The summed E-state index contributed by atoms with van der Waals surface area (Å²) >= 11 is 0. The van der Waals surface area contributed by atoms with E-state index in [-0.39, 0.29) is 16.2 Å². The van der Waals surface area contributed by atoms with Crippen LogP contribution in [0.15, 0.2) is 17.0 Å². The smallest absolute Gasteiger partial charge is 0.261 e. The van der Waals surface area contributed by atoms with Gasteiger partial charge in [0.25, 0.3) is 15.0 Å². The normalized spacial score (nSPS) is 11.4. The zero-order chi connectivity index (χ0) is 12.5. The van der Waals surface area contributed by atoms with Crippen LogP contribution < -0.4 is 5.73 Å². The molecule has 0 unspecified atom stereocenters. The Morgan fingerprint density at radius 1 is 1.50 bits per heavy atom. The van der Waals surface area contributed by atoms with Gasteiger partial charge in [-0.15, -0.1) is 0 Å². The van der Waals surface area contributed by atoms with E-state index in [1.54, 1.807) is 6.92 Å². The van der Waals surface area contributed by atoms with Gasteiger partial charge in [0.15, 0.2) is 0 Å². The van der Waals surface area contributed by atoms with E-state index in [0.717, 1.165) is 6.07 Å². The highest BCUT2D eigenvalue weighted by Crippen LogP contribution is 2.28. The number of hydrogen-bond donors (Lipinski definition) is 2. The van der Waals surface area contributed by atoms with Crippen molar-refractivity contribution in [3.05, 3.63) is 23.3 Å². The van der Waals surface area contributed by atoms with Crippen molar-refractivity contribution < 1.29 is 18.3 Å². The highest BCUT2D eigenvalue weighted by molar-refractivity contribution is 8.13. The fourth-order valence-corrected chi connectivity index (χ4v) is 2.07. The third-order valence-electron chi connectivity index (χ3n) is 2.09. The fraction of sp³-hybridized carbons (Fsp3) is 0.222. The standard InChI is InChI=1S/C9H10ClNO4S/c1-2-5-3-6(16(10,14)15)4-7(8(5)12)9(11)13/h3-4,12H,2H2,1H3,(H2,11,13). The minimum absolute atomic E-state index is 0.251. The van der Waals surface area contributed by atoms with Crippen molar-refractivity contribution in [2.24, 2.45) is 5.73 Å². The van der Waals surface area contributed by atoms with Crippen LogP contribution in [0.1, 0.15) is 22.8 Å². The van der Waals surface area contributed by atoms with Gasteiger partial charge in [0, 0.05) is 10.7 Å². The molecule has 0 heterocycles. The largest absolute Gasteiger partial charge is 0.507 e. The number of carbonyl (C=O) groups excluding carboxylic acids is 1. The van der Waals surface area contributed by atoms with E-state index in [4.69, 9.17) is 16.4 Å². The number of hydrogen-bond acceptors (Lipinski definition) is 4. The highest BCUT2D eigenvalue weighted by atomic mass is 35.7. The first-order valence-electron chi connectivity index (χ1n) is 4.37. The molecular weight excluding hydrogens is 254 g/mol. The number of phenols is 1. The van der Waals surface area contributed by atoms with Crippen LogP contribution >= 0.6 is 10.7 Å². The first-order valence-corrected chi connectivity index (χ1v) is 6.68. The number of carbonyl (C=O) groups is 1. The molecule has 88 valence electrons.